The van der Waals surface area contributed by atoms with Crippen molar-refractivity contribution in [3.05, 3.63) is 47.2 Å². The fraction of sp³-hybridized carbons (Fsp3) is 0.565. The van der Waals surface area contributed by atoms with Crippen molar-refractivity contribution in [3.8, 4) is 35.4 Å². The Morgan fingerprint density at radius 3 is 2.57 bits per heavy atom. The van der Waals surface area contributed by atoms with Crippen molar-refractivity contribution in [1.29, 1.82) is 0 Å². The van der Waals surface area contributed by atoms with Crippen LogP contribution < -0.4 is 14.4 Å². The minimum atomic E-state index is -4.42. The molecule has 0 aliphatic carbocycles. The highest BCUT2D eigenvalue weighted by Crippen LogP contribution is 2.47. The van der Waals surface area contributed by atoms with Gasteiger partial charge >= 0.3 is 18.3 Å². The number of terminal acetylenes is 1. The number of fused-ring (bicyclic) bond motifs is 7. The second-order valence-electron chi connectivity index (χ2n) is 18.4. The van der Waals surface area contributed by atoms with Gasteiger partial charge in [-0.1, -0.05) is 12.0 Å². The fourth-order valence-electron chi connectivity index (χ4n) is 10.8. The number of carbonyl (C=O) groups is 1. The SMILES string of the molecule is C#Cc1c(F)ccc2cc(OCOC)cc(-c3nc4c5c(nc(OC[C@@]67CCCN6[C@H](COCC(F)(F)F)CC7)nc5c3F)N3C[C@H]5CC[C@@H]([C@H]3CCC4)N5C(=O)OC(C)(C)C)c12. The minimum absolute atomic E-state index is 0.0433. The van der Waals surface area contributed by atoms with Crippen LogP contribution in [0.1, 0.15) is 83.4 Å². The van der Waals surface area contributed by atoms with Crippen LogP contribution in [-0.4, -0.2) is 119 Å². The molecule has 5 aliphatic heterocycles. The van der Waals surface area contributed by atoms with Crippen LogP contribution in [0.3, 0.4) is 0 Å². The van der Waals surface area contributed by atoms with E-state index in [0.717, 1.165) is 25.7 Å². The molecule has 17 heteroatoms. The second kappa shape index (κ2) is 16.5. The molecule has 2 aromatic heterocycles. The number of hydrogen-bond acceptors (Lipinski definition) is 11. The Morgan fingerprint density at radius 2 is 1.81 bits per heavy atom. The summed E-state index contributed by atoms with van der Waals surface area (Å²) in [7, 11) is 1.47. The normalized spacial score (nSPS) is 24.6. The molecule has 336 valence electrons. The monoisotopic (exact) mass is 878 g/mol. The minimum Gasteiger partial charge on any atom is -0.468 e. The molecule has 2 bridgehead atoms. The number of hydrogen-bond donors (Lipinski definition) is 0. The maximum atomic E-state index is 17.9. The first kappa shape index (κ1) is 43.2. The Bertz CT molecular complexity index is 2480. The van der Waals surface area contributed by atoms with Crippen molar-refractivity contribution in [2.45, 2.75) is 120 Å². The van der Waals surface area contributed by atoms with E-state index >= 15 is 8.78 Å². The molecule has 5 atom stereocenters. The van der Waals surface area contributed by atoms with Crippen LogP contribution in [0.15, 0.2) is 24.3 Å². The van der Waals surface area contributed by atoms with E-state index in [0.29, 0.717) is 73.2 Å². The number of alkyl halides is 3. The molecule has 4 saturated heterocycles. The summed E-state index contributed by atoms with van der Waals surface area (Å²) in [6, 6.07) is 5.19. The summed E-state index contributed by atoms with van der Waals surface area (Å²) in [5.74, 6) is 1.77. The number of piperazine rings is 1. The number of pyridine rings is 1. The molecule has 1 amide bonds. The van der Waals surface area contributed by atoms with Crippen LogP contribution in [-0.2, 0) is 20.6 Å². The molecule has 4 fully saturated rings. The molecule has 0 radical (unpaired) electrons. The van der Waals surface area contributed by atoms with Crippen LogP contribution in [0.5, 0.6) is 11.8 Å². The molecule has 5 aliphatic rings. The van der Waals surface area contributed by atoms with Gasteiger partial charge < -0.3 is 28.6 Å². The number of nitrogens with zero attached hydrogens (tertiary/aromatic N) is 6. The first-order valence-electron chi connectivity index (χ1n) is 21.6. The predicted molar refractivity (Wildman–Crippen MR) is 224 cm³/mol. The van der Waals surface area contributed by atoms with E-state index in [4.69, 9.17) is 45.1 Å². The van der Waals surface area contributed by atoms with Crippen LogP contribution in [0.4, 0.5) is 32.6 Å². The van der Waals surface area contributed by atoms with Crippen LogP contribution in [0.25, 0.3) is 32.9 Å². The highest BCUT2D eigenvalue weighted by atomic mass is 19.4. The van der Waals surface area contributed by atoms with E-state index in [1.54, 1.807) is 18.2 Å². The predicted octanol–water partition coefficient (Wildman–Crippen LogP) is 8.33. The lowest BCUT2D eigenvalue weighted by atomic mass is 9.92. The summed E-state index contributed by atoms with van der Waals surface area (Å²) in [6.07, 6.45) is 7.20. The largest absolute Gasteiger partial charge is 0.468 e. The average Bonchev–Trinajstić information content (AvgIpc) is 3.90. The molecule has 12 nitrogen and oxygen atoms in total. The Labute approximate surface area is 362 Å². The molecule has 63 heavy (non-hydrogen) atoms. The Balaban J connectivity index is 1.16. The van der Waals surface area contributed by atoms with Crippen molar-refractivity contribution >= 4 is 33.6 Å². The second-order valence-corrected chi connectivity index (χ2v) is 18.4. The third-order valence-corrected chi connectivity index (χ3v) is 13.3. The van der Waals surface area contributed by atoms with Crippen LogP contribution >= 0.6 is 0 Å². The van der Waals surface area contributed by atoms with Gasteiger partial charge in [0.05, 0.1) is 46.9 Å². The standard InChI is InChI=1S/C46H51F5N6O6/c1-6-30-32(47)13-11-26-19-29(62-25-59-5)20-31(36(26)30)39-38(48)40-37-33(52-39)9-7-10-34-35-14-12-27(57(35)43(58)63-44(2,3)4)21-55(34)41(37)54-42(53-40)61-23-45-16-8-18-56(45)28(15-17-45)22-60-24-46(49,50)51/h1,11,13,19-20,27-28,34-35H,7-10,12,14-18,21-25H2,2-5H3/t27-,28+,34-,35+,45+/m1/s1. The topological polar surface area (TPSA) is 112 Å². The third kappa shape index (κ3) is 8.07. The zero-order valence-electron chi connectivity index (χ0n) is 35.8. The van der Waals surface area contributed by atoms with E-state index in [-0.39, 0.29) is 84.0 Å². The van der Waals surface area contributed by atoms with Gasteiger partial charge in [-0.05, 0) is 109 Å². The number of rotatable bonds is 10. The molecule has 7 heterocycles. The lowest BCUT2D eigenvalue weighted by Crippen LogP contribution is -2.62. The van der Waals surface area contributed by atoms with E-state index in [1.807, 2.05) is 25.7 Å². The van der Waals surface area contributed by atoms with Gasteiger partial charge in [-0.3, -0.25) is 9.80 Å². The number of amides is 1. The summed E-state index contributed by atoms with van der Waals surface area (Å²) in [5.41, 5.74) is -0.642. The van der Waals surface area contributed by atoms with Gasteiger partial charge in [-0.2, -0.15) is 23.1 Å². The van der Waals surface area contributed by atoms with E-state index in [2.05, 4.69) is 15.7 Å². The quantitative estimate of drug-likeness (QED) is 0.0872. The number of halogens is 5. The lowest BCUT2D eigenvalue weighted by Gasteiger charge is -2.48. The summed E-state index contributed by atoms with van der Waals surface area (Å²) in [4.78, 5) is 34.8. The zero-order chi connectivity index (χ0) is 44.4. The molecule has 0 spiro atoms. The average molecular weight is 879 g/mol. The van der Waals surface area contributed by atoms with Crippen LogP contribution in [0, 0.1) is 24.0 Å². The van der Waals surface area contributed by atoms with E-state index in [1.165, 1.54) is 13.2 Å². The fourth-order valence-corrected chi connectivity index (χ4v) is 10.8. The summed E-state index contributed by atoms with van der Waals surface area (Å²) >= 11 is 0. The number of aryl methyl sites for hydroxylation is 1. The summed E-state index contributed by atoms with van der Waals surface area (Å²) in [6.45, 7) is 5.26. The Hall–Kier alpha value is -5.05. The maximum absolute atomic E-state index is 17.9. The third-order valence-electron chi connectivity index (χ3n) is 13.3. The summed E-state index contributed by atoms with van der Waals surface area (Å²) < 4.78 is 101. The van der Waals surface area contributed by atoms with Crippen molar-refractivity contribution in [3.63, 3.8) is 0 Å². The van der Waals surface area contributed by atoms with Crippen molar-refractivity contribution in [1.82, 2.24) is 24.8 Å². The number of ether oxygens (including phenoxy) is 5. The van der Waals surface area contributed by atoms with Gasteiger partial charge in [0.1, 0.15) is 47.4 Å². The first-order chi connectivity index (χ1) is 30.1. The maximum Gasteiger partial charge on any atom is 0.411 e. The Morgan fingerprint density at radius 1 is 0.984 bits per heavy atom. The zero-order valence-corrected chi connectivity index (χ0v) is 35.8. The van der Waals surface area contributed by atoms with Gasteiger partial charge in [0, 0.05) is 30.6 Å². The van der Waals surface area contributed by atoms with Gasteiger partial charge in [0.2, 0.25) is 0 Å². The molecular weight excluding hydrogens is 828 g/mol. The number of benzene rings is 2. The first-order valence-corrected chi connectivity index (χ1v) is 21.6. The van der Waals surface area contributed by atoms with Gasteiger partial charge in [-0.15, -0.1) is 6.42 Å². The lowest BCUT2D eigenvalue weighted by molar-refractivity contribution is -0.177. The van der Waals surface area contributed by atoms with E-state index in [9.17, 15) is 18.0 Å². The molecule has 0 unspecified atom stereocenters. The van der Waals surface area contributed by atoms with E-state index < -0.39 is 35.6 Å². The summed E-state index contributed by atoms with van der Waals surface area (Å²) in [5, 5.41) is 1.20. The highest BCUT2D eigenvalue weighted by molar-refractivity contribution is 6.03. The number of anilines is 1. The Kier molecular flexibility index (Phi) is 11.3. The number of carbonyl (C=O) groups excluding carboxylic acids is 1. The smallest absolute Gasteiger partial charge is 0.411 e. The molecular formula is C46H51F5N6O6. The van der Waals surface area contributed by atoms with Gasteiger partial charge in [0.15, 0.2) is 12.6 Å². The number of methoxy groups -OCH3 is 1. The van der Waals surface area contributed by atoms with Gasteiger partial charge in [-0.25, -0.2) is 18.6 Å². The van der Waals surface area contributed by atoms with Gasteiger partial charge in [0.25, 0.3) is 0 Å². The van der Waals surface area contributed by atoms with Crippen molar-refractivity contribution < 1.29 is 50.4 Å². The van der Waals surface area contributed by atoms with Crippen molar-refractivity contribution in [2.24, 2.45) is 0 Å². The highest BCUT2D eigenvalue weighted by Gasteiger charge is 2.52. The van der Waals surface area contributed by atoms with Crippen molar-refractivity contribution in [2.75, 3.05) is 51.7 Å². The molecule has 4 aromatic rings. The molecule has 0 N–H and O–H groups in total. The molecule has 9 rings (SSSR count). The molecule has 2 aromatic carbocycles. The van der Waals surface area contributed by atoms with Crippen LogP contribution in [0.2, 0.25) is 0 Å². The number of aromatic nitrogens is 3. The molecule has 0 saturated carbocycles.